The predicted octanol–water partition coefficient (Wildman–Crippen LogP) is 4.57. The van der Waals surface area contributed by atoms with E-state index in [9.17, 15) is 4.79 Å². The first-order chi connectivity index (χ1) is 15.0. The van der Waals surface area contributed by atoms with E-state index in [1.165, 1.54) is 18.7 Å². The van der Waals surface area contributed by atoms with E-state index in [0.29, 0.717) is 17.5 Å². The second kappa shape index (κ2) is 9.13. The lowest BCUT2D eigenvalue weighted by atomic mass is 10.1. The number of thioether (sulfide) groups is 1. The highest BCUT2D eigenvalue weighted by Crippen LogP contribution is 2.28. The van der Waals surface area contributed by atoms with Crippen LogP contribution in [0.5, 0.6) is 0 Å². The molecule has 1 amide bonds. The summed E-state index contributed by atoms with van der Waals surface area (Å²) in [5.74, 6) is 2.21. The average Bonchev–Trinajstić information content (AvgIpc) is 3.39. The van der Waals surface area contributed by atoms with Crippen molar-refractivity contribution in [2.24, 2.45) is 0 Å². The molecule has 0 spiro atoms. The van der Waals surface area contributed by atoms with E-state index in [4.69, 9.17) is 4.42 Å². The average molecular weight is 435 g/mol. The van der Waals surface area contributed by atoms with Crippen LogP contribution in [0.2, 0.25) is 0 Å². The summed E-state index contributed by atoms with van der Waals surface area (Å²) in [7, 11) is 0. The minimum atomic E-state index is -0.102. The SMILES string of the molecule is CCn1c(SCc2nnc(-c3cccc(C)c3)o2)nnc1-c1ccc(NC(C)=O)cc1. The summed E-state index contributed by atoms with van der Waals surface area (Å²) < 4.78 is 7.86. The first kappa shape index (κ1) is 20.8. The highest BCUT2D eigenvalue weighted by Gasteiger charge is 2.15. The fourth-order valence-corrected chi connectivity index (χ4v) is 3.97. The first-order valence-electron chi connectivity index (χ1n) is 9.87. The van der Waals surface area contributed by atoms with Crippen molar-refractivity contribution in [2.45, 2.75) is 38.2 Å². The summed E-state index contributed by atoms with van der Waals surface area (Å²) in [6.45, 7) is 6.28. The van der Waals surface area contributed by atoms with Gasteiger partial charge in [-0.2, -0.15) is 0 Å². The molecule has 0 aliphatic rings. The number of anilines is 1. The third-order valence-corrected chi connectivity index (χ3v) is 5.50. The van der Waals surface area contributed by atoms with Gasteiger partial charge in [-0.15, -0.1) is 20.4 Å². The number of aryl methyl sites for hydroxylation is 1. The number of carbonyl (C=O) groups is 1. The number of nitrogens with zero attached hydrogens (tertiary/aromatic N) is 5. The Hall–Kier alpha value is -3.46. The largest absolute Gasteiger partial charge is 0.420 e. The molecule has 1 N–H and O–H groups in total. The topological polar surface area (TPSA) is 98.7 Å². The molecule has 0 atom stereocenters. The van der Waals surface area contributed by atoms with Gasteiger partial charge >= 0.3 is 0 Å². The molecule has 0 aliphatic heterocycles. The summed E-state index contributed by atoms with van der Waals surface area (Å²) in [4.78, 5) is 11.2. The zero-order valence-electron chi connectivity index (χ0n) is 17.5. The third-order valence-electron chi connectivity index (χ3n) is 4.55. The van der Waals surface area contributed by atoms with Crippen LogP contribution in [0.15, 0.2) is 58.1 Å². The van der Waals surface area contributed by atoms with E-state index >= 15 is 0 Å². The lowest BCUT2D eigenvalue weighted by Crippen LogP contribution is -2.05. The maximum absolute atomic E-state index is 11.2. The molecule has 0 aliphatic carbocycles. The molecular weight excluding hydrogens is 412 g/mol. The summed E-state index contributed by atoms with van der Waals surface area (Å²) in [6, 6.07) is 15.5. The van der Waals surface area contributed by atoms with Crippen molar-refractivity contribution in [1.82, 2.24) is 25.0 Å². The van der Waals surface area contributed by atoms with Crippen molar-refractivity contribution < 1.29 is 9.21 Å². The van der Waals surface area contributed by atoms with Crippen molar-refractivity contribution in [1.29, 1.82) is 0 Å². The van der Waals surface area contributed by atoms with Crippen LogP contribution in [-0.4, -0.2) is 30.9 Å². The van der Waals surface area contributed by atoms with Crippen LogP contribution in [0.3, 0.4) is 0 Å². The van der Waals surface area contributed by atoms with E-state index in [-0.39, 0.29) is 5.91 Å². The van der Waals surface area contributed by atoms with Gasteiger partial charge in [0.1, 0.15) is 0 Å². The molecule has 31 heavy (non-hydrogen) atoms. The molecular formula is C22H22N6O2S. The van der Waals surface area contributed by atoms with Crippen LogP contribution in [0.25, 0.3) is 22.8 Å². The Bertz CT molecular complexity index is 1200. The minimum absolute atomic E-state index is 0.102. The molecule has 8 nitrogen and oxygen atoms in total. The normalized spacial score (nSPS) is 10.9. The molecule has 0 fully saturated rings. The maximum atomic E-state index is 11.2. The molecule has 2 heterocycles. The number of carbonyl (C=O) groups excluding carboxylic acids is 1. The van der Waals surface area contributed by atoms with E-state index in [1.54, 1.807) is 0 Å². The van der Waals surface area contributed by atoms with Gasteiger partial charge < -0.3 is 14.3 Å². The molecule has 4 rings (SSSR count). The van der Waals surface area contributed by atoms with Gasteiger partial charge in [0.05, 0.1) is 5.75 Å². The second-order valence-electron chi connectivity index (χ2n) is 6.97. The Labute approximate surface area is 184 Å². The summed E-state index contributed by atoms with van der Waals surface area (Å²) in [5, 5.41) is 20.6. The molecule has 0 radical (unpaired) electrons. The first-order valence-corrected chi connectivity index (χ1v) is 10.9. The molecule has 0 unspecified atom stereocenters. The highest BCUT2D eigenvalue weighted by molar-refractivity contribution is 7.98. The molecule has 4 aromatic rings. The van der Waals surface area contributed by atoms with Gasteiger partial charge in [-0.05, 0) is 50.2 Å². The lowest BCUT2D eigenvalue weighted by Gasteiger charge is -2.07. The van der Waals surface area contributed by atoms with E-state index in [2.05, 4.69) is 25.7 Å². The summed E-state index contributed by atoms with van der Waals surface area (Å²) >= 11 is 1.50. The number of aromatic nitrogens is 5. The number of hydrogen-bond acceptors (Lipinski definition) is 7. The zero-order valence-corrected chi connectivity index (χ0v) is 18.3. The fourth-order valence-electron chi connectivity index (χ4n) is 3.13. The summed E-state index contributed by atoms with van der Waals surface area (Å²) in [6.07, 6.45) is 0. The van der Waals surface area contributed by atoms with Crippen LogP contribution in [0.4, 0.5) is 5.69 Å². The molecule has 0 saturated heterocycles. The molecule has 2 aromatic heterocycles. The fraction of sp³-hybridized carbons (Fsp3) is 0.227. The predicted molar refractivity (Wildman–Crippen MR) is 119 cm³/mol. The monoisotopic (exact) mass is 434 g/mol. The van der Waals surface area contributed by atoms with Crippen LogP contribution >= 0.6 is 11.8 Å². The third kappa shape index (κ3) is 4.83. The lowest BCUT2D eigenvalue weighted by molar-refractivity contribution is -0.114. The summed E-state index contributed by atoms with van der Waals surface area (Å²) in [5.41, 5.74) is 3.72. The van der Waals surface area contributed by atoms with Gasteiger partial charge in [-0.25, -0.2) is 0 Å². The van der Waals surface area contributed by atoms with Crippen LogP contribution in [0.1, 0.15) is 25.3 Å². The van der Waals surface area contributed by atoms with Crippen molar-refractivity contribution in [3.63, 3.8) is 0 Å². The van der Waals surface area contributed by atoms with Crippen molar-refractivity contribution in [3.05, 3.63) is 60.0 Å². The Kier molecular flexibility index (Phi) is 6.13. The number of rotatable bonds is 7. The molecule has 158 valence electrons. The van der Waals surface area contributed by atoms with Gasteiger partial charge in [-0.3, -0.25) is 4.79 Å². The van der Waals surface area contributed by atoms with Gasteiger partial charge in [0.2, 0.25) is 17.7 Å². The number of benzene rings is 2. The van der Waals surface area contributed by atoms with E-state index < -0.39 is 0 Å². The Morgan fingerprint density at radius 1 is 1.06 bits per heavy atom. The van der Waals surface area contributed by atoms with Gasteiger partial charge in [-0.1, -0.05) is 29.5 Å². The van der Waals surface area contributed by atoms with Crippen LogP contribution in [-0.2, 0) is 17.1 Å². The smallest absolute Gasteiger partial charge is 0.247 e. The second-order valence-corrected chi connectivity index (χ2v) is 7.91. The zero-order chi connectivity index (χ0) is 21.8. The highest BCUT2D eigenvalue weighted by atomic mass is 32.2. The van der Waals surface area contributed by atoms with Crippen molar-refractivity contribution in [3.8, 4) is 22.8 Å². The van der Waals surface area contributed by atoms with Crippen molar-refractivity contribution >= 4 is 23.4 Å². The van der Waals surface area contributed by atoms with Crippen LogP contribution in [0, 0.1) is 6.92 Å². The standard InChI is InChI=1S/C22H22N6O2S/c1-4-28-20(16-8-10-18(11-9-16)23-15(3)29)25-27-22(28)31-13-19-24-26-21(30-19)17-7-5-6-14(2)12-17/h5-12H,4,13H2,1-3H3,(H,23,29). The minimum Gasteiger partial charge on any atom is -0.420 e. The van der Waals surface area contributed by atoms with Crippen molar-refractivity contribution in [2.75, 3.05) is 5.32 Å². The number of amides is 1. The quantitative estimate of drug-likeness (QED) is 0.425. The van der Waals surface area contributed by atoms with Crippen LogP contribution < -0.4 is 5.32 Å². The molecule has 2 aromatic carbocycles. The Balaban J connectivity index is 1.48. The molecule has 9 heteroatoms. The van der Waals surface area contributed by atoms with E-state index in [0.717, 1.165) is 39.9 Å². The van der Waals surface area contributed by atoms with Gasteiger partial charge in [0.15, 0.2) is 11.0 Å². The van der Waals surface area contributed by atoms with E-state index in [1.807, 2.05) is 66.9 Å². The van der Waals surface area contributed by atoms with Gasteiger partial charge in [0, 0.05) is 30.3 Å². The Morgan fingerprint density at radius 3 is 2.58 bits per heavy atom. The molecule has 0 bridgehead atoms. The Morgan fingerprint density at radius 2 is 1.87 bits per heavy atom. The molecule has 0 saturated carbocycles. The number of nitrogens with one attached hydrogen (secondary N) is 1. The maximum Gasteiger partial charge on any atom is 0.247 e. The van der Waals surface area contributed by atoms with Gasteiger partial charge in [0.25, 0.3) is 0 Å². The number of hydrogen-bond donors (Lipinski definition) is 1.